The summed E-state index contributed by atoms with van der Waals surface area (Å²) in [6, 6.07) is 0. The molecule has 0 aliphatic carbocycles. The van der Waals surface area contributed by atoms with Crippen LogP contribution in [-0.4, -0.2) is 30.1 Å². The van der Waals surface area contributed by atoms with Crippen LogP contribution in [0.1, 0.15) is 73.6 Å². The van der Waals surface area contributed by atoms with Crippen LogP contribution in [0.3, 0.4) is 0 Å². The highest BCUT2D eigenvalue weighted by atomic mass is 32.2. The molecule has 1 rings (SSSR count). The Morgan fingerprint density at radius 1 is 1.16 bits per heavy atom. The van der Waals surface area contributed by atoms with Crippen molar-refractivity contribution in [2.75, 3.05) is 6.54 Å². The first-order chi connectivity index (χ1) is 8.59. The van der Waals surface area contributed by atoms with E-state index < -0.39 is 10.0 Å². The van der Waals surface area contributed by atoms with Crippen LogP contribution >= 0.6 is 0 Å². The Labute approximate surface area is 119 Å². The average Bonchev–Trinajstić information content (AvgIpc) is 2.27. The molecular weight excluding hydrogens is 258 g/mol. The molecule has 1 aliphatic heterocycles. The molecule has 3 nitrogen and oxygen atoms in total. The van der Waals surface area contributed by atoms with Gasteiger partial charge < -0.3 is 0 Å². The summed E-state index contributed by atoms with van der Waals surface area (Å²) in [7, 11) is -3.18. The van der Waals surface area contributed by atoms with Crippen LogP contribution in [-0.2, 0) is 10.0 Å². The summed E-state index contributed by atoms with van der Waals surface area (Å²) in [5, 5.41) is -0.223. The summed E-state index contributed by atoms with van der Waals surface area (Å²) in [5.74, 6) is 0. The van der Waals surface area contributed by atoms with E-state index in [1.54, 1.807) is 4.31 Å². The summed E-state index contributed by atoms with van der Waals surface area (Å²) in [6.07, 6.45) is 4.66. The molecule has 19 heavy (non-hydrogen) atoms. The molecule has 114 valence electrons. The Bertz CT molecular complexity index is 398. The van der Waals surface area contributed by atoms with Crippen LogP contribution in [0.2, 0.25) is 0 Å². The maximum Gasteiger partial charge on any atom is 0.217 e. The lowest BCUT2D eigenvalue weighted by atomic mass is 9.82. The maximum absolute atomic E-state index is 13.0. The highest BCUT2D eigenvalue weighted by molar-refractivity contribution is 7.89. The van der Waals surface area contributed by atoms with Crippen molar-refractivity contribution in [2.45, 2.75) is 84.4 Å². The summed E-state index contributed by atoms with van der Waals surface area (Å²) in [6.45, 7) is 13.2. The molecule has 1 unspecified atom stereocenters. The van der Waals surface area contributed by atoms with Crippen molar-refractivity contribution in [2.24, 2.45) is 5.41 Å². The smallest absolute Gasteiger partial charge is 0.212 e. The third kappa shape index (κ3) is 3.33. The Morgan fingerprint density at radius 2 is 1.74 bits per heavy atom. The van der Waals surface area contributed by atoms with Gasteiger partial charge in [0.05, 0.1) is 5.25 Å². The standard InChI is InChI=1S/C15H31NO2S/c1-7-11-14(3,4)13-10-9-12-16(19(13,17)18)15(5,6)8-2/h13H,7-12H2,1-6H3. The van der Waals surface area contributed by atoms with Crippen molar-refractivity contribution in [1.29, 1.82) is 0 Å². The van der Waals surface area contributed by atoms with Crippen molar-refractivity contribution in [3.8, 4) is 0 Å². The Morgan fingerprint density at radius 3 is 2.21 bits per heavy atom. The normalized spacial score (nSPS) is 25.5. The maximum atomic E-state index is 13.0. The molecule has 0 bridgehead atoms. The largest absolute Gasteiger partial charge is 0.217 e. The zero-order chi connectivity index (χ0) is 14.9. The van der Waals surface area contributed by atoms with Crippen molar-refractivity contribution >= 4 is 10.0 Å². The van der Waals surface area contributed by atoms with Gasteiger partial charge in [0.25, 0.3) is 0 Å². The van der Waals surface area contributed by atoms with Gasteiger partial charge in [0, 0.05) is 12.1 Å². The highest BCUT2D eigenvalue weighted by Crippen LogP contribution is 2.41. The first kappa shape index (κ1) is 17.0. The van der Waals surface area contributed by atoms with E-state index in [2.05, 4.69) is 27.7 Å². The molecule has 0 aromatic rings. The minimum absolute atomic E-state index is 0.129. The van der Waals surface area contributed by atoms with Gasteiger partial charge in [-0.25, -0.2) is 8.42 Å². The Balaban J connectivity index is 3.11. The van der Waals surface area contributed by atoms with Crippen LogP contribution in [0.4, 0.5) is 0 Å². The minimum atomic E-state index is -3.18. The molecule has 1 fully saturated rings. The van der Waals surface area contributed by atoms with Crippen molar-refractivity contribution in [1.82, 2.24) is 4.31 Å². The van der Waals surface area contributed by atoms with Crippen LogP contribution < -0.4 is 0 Å². The van der Waals surface area contributed by atoms with Crippen molar-refractivity contribution in [3.05, 3.63) is 0 Å². The highest BCUT2D eigenvalue weighted by Gasteiger charge is 2.48. The fraction of sp³-hybridized carbons (Fsp3) is 1.00. The summed E-state index contributed by atoms with van der Waals surface area (Å²) < 4.78 is 27.7. The summed E-state index contributed by atoms with van der Waals surface area (Å²) in [4.78, 5) is 0. The van der Waals surface area contributed by atoms with Gasteiger partial charge in [0.1, 0.15) is 0 Å². The van der Waals surface area contributed by atoms with E-state index >= 15 is 0 Å². The average molecular weight is 289 g/mol. The van der Waals surface area contributed by atoms with Gasteiger partial charge in [-0.2, -0.15) is 4.31 Å². The third-order valence-electron chi connectivity index (χ3n) is 4.80. The Hall–Kier alpha value is -0.0900. The SMILES string of the molecule is CCCC(C)(C)C1CCCN(C(C)(C)CC)S1(=O)=O. The van der Waals surface area contributed by atoms with Crippen LogP contribution in [0.15, 0.2) is 0 Å². The molecule has 0 amide bonds. The second-order valence-electron chi connectivity index (χ2n) is 7.15. The van der Waals surface area contributed by atoms with E-state index in [4.69, 9.17) is 0 Å². The molecule has 1 heterocycles. The number of rotatable bonds is 5. The molecule has 0 radical (unpaired) electrons. The molecular formula is C15H31NO2S. The zero-order valence-corrected chi connectivity index (χ0v) is 14.3. The summed E-state index contributed by atoms with van der Waals surface area (Å²) >= 11 is 0. The van der Waals surface area contributed by atoms with Gasteiger partial charge in [-0.1, -0.05) is 34.1 Å². The van der Waals surface area contributed by atoms with Crippen LogP contribution in [0, 0.1) is 5.41 Å². The van der Waals surface area contributed by atoms with Gasteiger partial charge in [0.2, 0.25) is 10.0 Å². The van der Waals surface area contributed by atoms with Crippen LogP contribution in [0.5, 0.6) is 0 Å². The molecule has 0 aromatic heterocycles. The second kappa shape index (κ2) is 5.72. The fourth-order valence-electron chi connectivity index (χ4n) is 3.27. The van der Waals surface area contributed by atoms with Gasteiger partial charge in [0.15, 0.2) is 0 Å². The molecule has 1 saturated heterocycles. The molecule has 0 spiro atoms. The predicted octanol–water partition coefficient (Wildman–Crippen LogP) is 3.80. The monoisotopic (exact) mass is 289 g/mol. The molecule has 4 heteroatoms. The summed E-state index contributed by atoms with van der Waals surface area (Å²) in [5.41, 5.74) is -0.393. The fourth-order valence-corrected chi connectivity index (χ4v) is 6.17. The van der Waals surface area contributed by atoms with E-state index in [1.165, 1.54) is 0 Å². The minimum Gasteiger partial charge on any atom is -0.212 e. The van der Waals surface area contributed by atoms with Gasteiger partial charge in [-0.15, -0.1) is 0 Å². The van der Waals surface area contributed by atoms with Crippen LogP contribution in [0.25, 0.3) is 0 Å². The lowest BCUT2D eigenvalue weighted by Gasteiger charge is -2.46. The third-order valence-corrected chi connectivity index (χ3v) is 7.68. The van der Waals surface area contributed by atoms with Gasteiger partial charge in [-0.05, 0) is 44.9 Å². The Kier molecular flexibility index (Phi) is 5.11. The van der Waals surface area contributed by atoms with Crippen molar-refractivity contribution in [3.63, 3.8) is 0 Å². The first-order valence-electron chi connectivity index (χ1n) is 7.61. The van der Waals surface area contributed by atoms with E-state index in [9.17, 15) is 8.42 Å². The molecule has 0 N–H and O–H groups in total. The van der Waals surface area contributed by atoms with E-state index in [1.807, 2.05) is 13.8 Å². The van der Waals surface area contributed by atoms with E-state index in [0.717, 1.165) is 32.1 Å². The molecule has 1 aliphatic rings. The van der Waals surface area contributed by atoms with Gasteiger partial charge in [-0.3, -0.25) is 0 Å². The number of hydrogen-bond donors (Lipinski definition) is 0. The lowest BCUT2D eigenvalue weighted by molar-refractivity contribution is 0.179. The topological polar surface area (TPSA) is 37.4 Å². The van der Waals surface area contributed by atoms with E-state index in [-0.39, 0.29) is 16.2 Å². The van der Waals surface area contributed by atoms with Crippen molar-refractivity contribution < 1.29 is 8.42 Å². The molecule has 1 atom stereocenters. The molecule has 0 aromatic carbocycles. The number of nitrogens with zero attached hydrogens (tertiary/aromatic N) is 1. The van der Waals surface area contributed by atoms with Gasteiger partial charge >= 0.3 is 0 Å². The lowest BCUT2D eigenvalue weighted by Crippen LogP contribution is -2.56. The number of sulfonamides is 1. The quantitative estimate of drug-likeness (QED) is 0.772. The number of hydrogen-bond acceptors (Lipinski definition) is 2. The molecule has 0 saturated carbocycles. The second-order valence-corrected chi connectivity index (χ2v) is 9.19. The predicted molar refractivity (Wildman–Crippen MR) is 81.7 cm³/mol. The first-order valence-corrected chi connectivity index (χ1v) is 9.11. The van der Waals surface area contributed by atoms with E-state index in [0.29, 0.717) is 6.54 Å². The zero-order valence-electron chi connectivity index (χ0n) is 13.5.